The third kappa shape index (κ3) is 3.05. The van der Waals surface area contributed by atoms with E-state index < -0.39 is 5.97 Å². The monoisotopic (exact) mass is 318 g/mol. The van der Waals surface area contributed by atoms with Crippen molar-refractivity contribution in [1.82, 2.24) is 9.97 Å². The molecule has 0 aliphatic heterocycles. The molecule has 0 radical (unpaired) electrons. The fourth-order valence-electron chi connectivity index (χ4n) is 1.37. The summed E-state index contributed by atoms with van der Waals surface area (Å²) in [4.78, 5) is 18.8. The summed E-state index contributed by atoms with van der Waals surface area (Å²) in [7, 11) is 0. The Morgan fingerprint density at radius 2 is 2.16 bits per heavy atom. The molecule has 2 rings (SSSR count). The molecule has 0 fully saturated rings. The number of aromatic carboxylic acids is 1. The molecule has 2 N–H and O–H groups in total. The van der Waals surface area contributed by atoms with E-state index in [1.165, 1.54) is 18.5 Å². The van der Waals surface area contributed by atoms with Crippen molar-refractivity contribution in [3.63, 3.8) is 0 Å². The molecule has 19 heavy (non-hydrogen) atoms. The quantitative estimate of drug-likeness (QED) is 0.902. The van der Waals surface area contributed by atoms with Crippen molar-refractivity contribution in [2.24, 2.45) is 0 Å². The zero-order valence-corrected chi connectivity index (χ0v) is 11.0. The molecule has 0 spiro atoms. The average Bonchev–Trinajstić information content (AvgIpc) is 2.41. The fourth-order valence-corrected chi connectivity index (χ4v) is 1.78. The van der Waals surface area contributed by atoms with Gasteiger partial charge in [-0.1, -0.05) is 0 Å². The Labute approximate surface area is 116 Å². The molecule has 2 aromatic rings. The van der Waals surface area contributed by atoms with E-state index in [1.807, 2.05) is 6.07 Å². The van der Waals surface area contributed by atoms with Crippen LogP contribution in [-0.2, 0) is 0 Å². The van der Waals surface area contributed by atoms with Crippen molar-refractivity contribution >= 4 is 33.4 Å². The first-order valence-corrected chi connectivity index (χ1v) is 5.91. The second-order valence-corrected chi connectivity index (χ2v) is 4.38. The first-order valence-electron chi connectivity index (χ1n) is 5.12. The van der Waals surface area contributed by atoms with Crippen LogP contribution in [0.15, 0.2) is 35.1 Å². The molecule has 0 aliphatic carbocycles. The van der Waals surface area contributed by atoms with Crippen LogP contribution in [0.5, 0.6) is 0 Å². The molecule has 0 saturated heterocycles. The van der Waals surface area contributed by atoms with Crippen LogP contribution in [0, 0.1) is 11.3 Å². The molecule has 0 unspecified atom stereocenters. The van der Waals surface area contributed by atoms with Crippen LogP contribution < -0.4 is 5.32 Å². The van der Waals surface area contributed by atoms with Gasteiger partial charge < -0.3 is 10.4 Å². The molecule has 1 aromatic carbocycles. The van der Waals surface area contributed by atoms with Crippen molar-refractivity contribution in [1.29, 1.82) is 5.26 Å². The summed E-state index contributed by atoms with van der Waals surface area (Å²) in [6.07, 6.45) is 2.74. The number of halogens is 1. The lowest BCUT2D eigenvalue weighted by Crippen LogP contribution is -2.00. The molecular formula is C12H7BrN4O2. The van der Waals surface area contributed by atoms with E-state index in [0.717, 1.165) is 0 Å². The van der Waals surface area contributed by atoms with Crippen LogP contribution in [0.1, 0.15) is 16.1 Å². The molecular weight excluding hydrogens is 312 g/mol. The van der Waals surface area contributed by atoms with Crippen molar-refractivity contribution in [2.45, 2.75) is 0 Å². The van der Waals surface area contributed by atoms with Gasteiger partial charge in [0.05, 0.1) is 18.0 Å². The van der Waals surface area contributed by atoms with E-state index >= 15 is 0 Å². The number of aromatic nitrogens is 2. The normalized spacial score (nSPS) is 9.68. The summed E-state index contributed by atoms with van der Waals surface area (Å²) in [5.74, 6) is -0.598. The smallest absolute Gasteiger partial charge is 0.336 e. The molecule has 0 amide bonds. The number of nitriles is 1. The highest BCUT2D eigenvalue weighted by Crippen LogP contribution is 2.22. The number of anilines is 2. The molecule has 0 aliphatic rings. The van der Waals surface area contributed by atoms with E-state index in [9.17, 15) is 4.79 Å². The molecule has 94 valence electrons. The van der Waals surface area contributed by atoms with Crippen LogP contribution in [0.3, 0.4) is 0 Å². The Morgan fingerprint density at radius 3 is 2.74 bits per heavy atom. The Bertz CT molecular complexity index is 664. The zero-order chi connectivity index (χ0) is 13.8. The Kier molecular flexibility index (Phi) is 3.73. The van der Waals surface area contributed by atoms with E-state index in [2.05, 4.69) is 31.2 Å². The summed E-state index contributed by atoms with van der Waals surface area (Å²) >= 11 is 3.16. The van der Waals surface area contributed by atoms with Gasteiger partial charge in [-0.15, -0.1) is 0 Å². The van der Waals surface area contributed by atoms with E-state index in [0.29, 0.717) is 16.0 Å². The van der Waals surface area contributed by atoms with Crippen molar-refractivity contribution in [3.8, 4) is 6.07 Å². The van der Waals surface area contributed by atoms with Crippen LogP contribution >= 0.6 is 15.9 Å². The number of rotatable bonds is 3. The SMILES string of the molecule is N#Cc1cnc(Nc2ccc(Br)c(C(=O)O)c2)cn1. The number of carboxylic acid groups (broad SMARTS) is 1. The van der Waals surface area contributed by atoms with Crippen LogP contribution in [0.25, 0.3) is 0 Å². The average molecular weight is 319 g/mol. The van der Waals surface area contributed by atoms with Crippen molar-refractivity contribution in [3.05, 3.63) is 46.3 Å². The molecule has 0 atom stereocenters. The van der Waals surface area contributed by atoms with Gasteiger partial charge in [0.1, 0.15) is 11.9 Å². The highest BCUT2D eigenvalue weighted by atomic mass is 79.9. The summed E-state index contributed by atoms with van der Waals surface area (Å²) < 4.78 is 0.497. The van der Waals surface area contributed by atoms with Gasteiger partial charge in [-0.3, -0.25) is 0 Å². The molecule has 6 nitrogen and oxygen atoms in total. The van der Waals surface area contributed by atoms with Gasteiger partial charge in [-0.05, 0) is 34.1 Å². The Balaban J connectivity index is 2.25. The summed E-state index contributed by atoms with van der Waals surface area (Å²) in [5, 5.41) is 20.5. The first kappa shape index (κ1) is 13.0. The Morgan fingerprint density at radius 1 is 1.37 bits per heavy atom. The second-order valence-electron chi connectivity index (χ2n) is 3.52. The molecule has 7 heteroatoms. The number of hydrogen-bond acceptors (Lipinski definition) is 5. The predicted molar refractivity (Wildman–Crippen MR) is 71.1 cm³/mol. The minimum Gasteiger partial charge on any atom is -0.478 e. The summed E-state index contributed by atoms with van der Waals surface area (Å²) in [5.41, 5.74) is 0.929. The second kappa shape index (κ2) is 5.46. The molecule has 0 saturated carbocycles. The third-order valence-corrected chi connectivity index (χ3v) is 2.93. The molecule has 0 bridgehead atoms. The molecule has 1 heterocycles. The van der Waals surface area contributed by atoms with Gasteiger partial charge in [-0.2, -0.15) is 5.26 Å². The fraction of sp³-hybridized carbons (Fsp3) is 0. The topological polar surface area (TPSA) is 98.9 Å². The minimum atomic E-state index is -1.03. The first-order chi connectivity index (χ1) is 9.10. The molecule has 1 aromatic heterocycles. The van der Waals surface area contributed by atoms with Gasteiger partial charge in [0, 0.05) is 10.2 Å². The predicted octanol–water partition coefficient (Wildman–Crippen LogP) is 2.55. The van der Waals surface area contributed by atoms with E-state index in [4.69, 9.17) is 10.4 Å². The maximum absolute atomic E-state index is 11.0. The van der Waals surface area contributed by atoms with Gasteiger partial charge in [0.25, 0.3) is 0 Å². The van der Waals surface area contributed by atoms with Crippen molar-refractivity contribution in [2.75, 3.05) is 5.32 Å². The summed E-state index contributed by atoms with van der Waals surface area (Å²) in [6, 6.07) is 6.68. The van der Waals surface area contributed by atoms with Crippen LogP contribution in [0.2, 0.25) is 0 Å². The minimum absolute atomic E-state index is 0.145. The van der Waals surface area contributed by atoms with Gasteiger partial charge >= 0.3 is 5.97 Å². The van der Waals surface area contributed by atoms with E-state index in [-0.39, 0.29) is 11.3 Å². The van der Waals surface area contributed by atoms with Crippen LogP contribution in [-0.4, -0.2) is 21.0 Å². The zero-order valence-electron chi connectivity index (χ0n) is 9.46. The Hall–Kier alpha value is -2.46. The lowest BCUT2D eigenvalue weighted by molar-refractivity contribution is 0.0696. The highest BCUT2D eigenvalue weighted by molar-refractivity contribution is 9.10. The summed E-state index contributed by atoms with van der Waals surface area (Å²) in [6.45, 7) is 0. The van der Waals surface area contributed by atoms with E-state index in [1.54, 1.807) is 12.1 Å². The van der Waals surface area contributed by atoms with Crippen molar-refractivity contribution < 1.29 is 9.90 Å². The van der Waals surface area contributed by atoms with Gasteiger partial charge in [-0.25, -0.2) is 14.8 Å². The standard InChI is InChI=1S/C12H7BrN4O2/c13-10-2-1-7(3-9(10)12(18)19)17-11-6-15-8(4-14)5-16-11/h1-3,5-6H,(H,16,17)(H,18,19). The lowest BCUT2D eigenvalue weighted by Gasteiger charge is -2.07. The maximum Gasteiger partial charge on any atom is 0.336 e. The number of carbonyl (C=O) groups is 1. The third-order valence-electron chi connectivity index (χ3n) is 2.24. The number of nitrogens with one attached hydrogen (secondary N) is 1. The van der Waals surface area contributed by atoms with Crippen LogP contribution in [0.4, 0.5) is 11.5 Å². The van der Waals surface area contributed by atoms with Gasteiger partial charge in [0.15, 0.2) is 5.69 Å². The number of hydrogen-bond donors (Lipinski definition) is 2. The highest BCUT2D eigenvalue weighted by Gasteiger charge is 2.09. The van der Waals surface area contributed by atoms with Gasteiger partial charge in [0.2, 0.25) is 0 Å². The number of nitrogens with zero attached hydrogens (tertiary/aromatic N) is 3. The number of benzene rings is 1. The maximum atomic E-state index is 11.0. The largest absolute Gasteiger partial charge is 0.478 e. The number of carboxylic acids is 1. The lowest BCUT2D eigenvalue weighted by atomic mass is 10.2.